The molecule has 7 heteroatoms. The largest absolute Gasteiger partial charge is 0.465 e. The van der Waals surface area contributed by atoms with Crippen molar-refractivity contribution in [1.29, 1.82) is 0 Å². The fraction of sp³-hybridized carbons (Fsp3) is 0.0833. The molecule has 19 heavy (non-hydrogen) atoms. The number of amides is 1. The number of aromatic nitrogens is 2. The lowest BCUT2D eigenvalue weighted by atomic mass is 10.1. The van der Waals surface area contributed by atoms with Gasteiger partial charge in [0.2, 0.25) is 0 Å². The summed E-state index contributed by atoms with van der Waals surface area (Å²) in [5, 5.41) is 3.98. The van der Waals surface area contributed by atoms with Crippen molar-refractivity contribution in [2.45, 2.75) is 0 Å². The highest BCUT2D eigenvalue weighted by molar-refractivity contribution is 5.95. The van der Waals surface area contributed by atoms with E-state index in [-0.39, 0.29) is 11.1 Å². The molecular formula is C12H12N4O3. The first-order chi connectivity index (χ1) is 9.02. The van der Waals surface area contributed by atoms with Gasteiger partial charge in [0.05, 0.1) is 30.1 Å². The lowest BCUT2D eigenvalue weighted by Gasteiger charge is -2.08. The number of benzene rings is 1. The van der Waals surface area contributed by atoms with Crippen LogP contribution in [0.25, 0.3) is 5.69 Å². The van der Waals surface area contributed by atoms with Gasteiger partial charge in [-0.3, -0.25) is 4.79 Å². The Labute approximate surface area is 108 Å². The van der Waals surface area contributed by atoms with E-state index in [1.54, 1.807) is 12.1 Å². The smallest absolute Gasteiger partial charge is 0.340 e. The molecule has 98 valence electrons. The lowest BCUT2D eigenvalue weighted by Crippen LogP contribution is -2.10. The Morgan fingerprint density at radius 3 is 2.68 bits per heavy atom. The van der Waals surface area contributed by atoms with Gasteiger partial charge in [0.1, 0.15) is 0 Å². The van der Waals surface area contributed by atoms with E-state index in [4.69, 9.17) is 11.5 Å². The van der Waals surface area contributed by atoms with E-state index in [2.05, 4.69) is 9.84 Å². The quantitative estimate of drug-likeness (QED) is 0.610. The number of nitrogens with two attached hydrogens (primary N) is 2. The number of nitrogens with zero attached hydrogens (tertiary/aromatic N) is 2. The zero-order chi connectivity index (χ0) is 14.0. The Hall–Kier alpha value is -2.83. The summed E-state index contributed by atoms with van der Waals surface area (Å²) in [5.74, 6) is -1.14. The maximum atomic E-state index is 11.7. The Kier molecular flexibility index (Phi) is 3.19. The molecule has 0 fully saturated rings. The van der Waals surface area contributed by atoms with Crippen molar-refractivity contribution >= 4 is 17.6 Å². The average Bonchev–Trinajstić information content (AvgIpc) is 2.87. The van der Waals surface area contributed by atoms with Gasteiger partial charge in [-0.15, -0.1) is 0 Å². The van der Waals surface area contributed by atoms with Crippen LogP contribution in [0.15, 0.2) is 30.6 Å². The molecule has 0 spiro atoms. The maximum absolute atomic E-state index is 11.7. The summed E-state index contributed by atoms with van der Waals surface area (Å²) in [6.45, 7) is 0. The van der Waals surface area contributed by atoms with E-state index in [1.807, 2.05) is 0 Å². The molecule has 0 aliphatic rings. The van der Waals surface area contributed by atoms with Crippen LogP contribution in [-0.2, 0) is 4.74 Å². The van der Waals surface area contributed by atoms with Crippen molar-refractivity contribution in [3.05, 3.63) is 41.7 Å². The van der Waals surface area contributed by atoms with E-state index < -0.39 is 11.9 Å². The van der Waals surface area contributed by atoms with E-state index in [0.717, 1.165) is 0 Å². The van der Waals surface area contributed by atoms with E-state index >= 15 is 0 Å². The Bertz CT molecular complexity index is 648. The number of carbonyl (C=O) groups is 2. The highest BCUT2D eigenvalue weighted by atomic mass is 16.5. The molecule has 0 unspecified atom stereocenters. The van der Waals surface area contributed by atoms with Gasteiger partial charge in [-0.25, -0.2) is 9.48 Å². The van der Waals surface area contributed by atoms with Crippen molar-refractivity contribution in [3.63, 3.8) is 0 Å². The summed E-state index contributed by atoms with van der Waals surface area (Å²) >= 11 is 0. The molecule has 1 heterocycles. The predicted octanol–water partition coefficient (Wildman–Crippen LogP) is 0.340. The number of anilines is 1. The molecule has 4 N–H and O–H groups in total. The Morgan fingerprint density at radius 1 is 1.37 bits per heavy atom. The molecule has 1 aromatic carbocycles. The number of esters is 1. The van der Waals surface area contributed by atoms with Crippen LogP contribution in [0.1, 0.15) is 20.7 Å². The van der Waals surface area contributed by atoms with Gasteiger partial charge >= 0.3 is 5.97 Å². The van der Waals surface area contributed by atoms with Crippen LogP contribution in [-0.4, -0.2) is 28.8 Å². The Balaban J connectivity index is 2.54. The van der Waals surface area contributed by atoms with Gasteiger partial charge in [-0.05, 0) is 18.2 Å². The minimum absolute atomic E-state index is 0.243. The fourth-order valence-corrected chi connectivity index (χ4v) is 1.61. The second-order valence-electron chi connectivity index (χ2n) is 3.81. The first-order valence-electron chi connectivity index (χ1n) is 5.35. The van der Waals surface area contributed by atoms with E-state index in [0.29, 0.717) is 11.4 Å². The van der Waals surface area contributed by atoms with Crippen molar-refractivity contribution < 1.29 is 14.3 Å². The number of nitrogen functional groups attached to an aromatic ring is 1. The molecule has 1 aromatic heterocycles. The number of rotatable bonds is 3. The third-order valence-corrected chi connectivity index (χ3v) is 2.54. The van der Waals surface area contributed by atoms with Gasteiger partial charge in [0, 0.05) is 11.9 Å². The molecule has 0 saturated heterocycles. The molecule has 0 saturated carbocycles. The highest BCUT2D eigenvalue weighted by Crippen LogP contribution is 2.19. The summed E-state index contributed by atoms with van der Waals surface area (Å²) in [7, 11) is 1.27. The summed E-state index contributed by atoms with van der Waals surface area (Å²) in [6, 6.07) is 4.71. The predicted molar refractivity (Wildman–Crippen MR) is 67.8 cm³/mol. The molecule has 1 amide bonds. The second kappa shape index (κ2) is 4.81. The molecule has 0 atom stereocenters. The molecule has 7 nitrogen and oxygen atoms in total. The standard InChI is InChI=1S/C12H12N4O3/c1-19-12(18)9-4-8(13)2-3-10(9)16-6-7(5-15-16)11(14)17/h2-6H,13H2,1H3,(H2,14,17). The van der Waals surface area contributed by atoms with Crippen LogP contribution in [0, 0.1) is 0 Å². The van der Waals surface area contributed by atoms with Crippen molar-refractivity contribution in [2.24, 2.45) is 5.73 Å². The molecule has 0 aliphatic heterocycles. The molecular weight excluding hydrogens is 248 g/mol. The first kappa shape index (κ1) is 12.6. The van der Waals surface area contributed by atoms with Crippen molar-refractivity contribution in [1.82, 2.24) is 9.78 Å². The van der Waals surface area contributed by atoms with Crippen LogP contribution < -0.4 is 11.5 Å². The summed E-state index contributed by atoms with van der Waals surface area (Å²) in [5.41, 5.74) is 12.2. The van der Waals surface area contributed by atoms with E-state index in [1.165, 1.54) is 30.3 Å². The van der Waals surface area contributed by atoms with Gasteiger partial charge in [0.25, 0.3) is 5.91 Å². The monoisotopic (exact) mass is 260 g/mol. The average molecular weight is 260 g/mol. The number of primary amides is 1. The normalized spacial score (nSPS) is 10.2. The molecule has 0 aliphatic carbocycles. The van der Waals surface area contributed by atoms with E-state index in [9.17, 15) is 9.59 Å². The second-order valence-corrected chi connectivity index (χ2v) is 3.81. The maximum Gasteiger partial charge on any atom is 0.340 e. The summed E-state index contributed by atoms with van der Waals surface area (Å²) < 4.78 is 6.05. The fourth-order valence-electron chi connectivity index (χ4n) is 1.61. The first-order valence-corrected chi connectivity index (χ1v) is 5.35. The lowest BCUT2D eigenvalue weighted by molar-refractivity contribution is 0.0600. The van der Waals surface area contributed by atoms with Crippen LogP contribution in [0.3, 0.4) is 0 Å². The zero-order valence-electron chi connectivity index (χ0n) is 10.2. The van der Waals surface area contributed by atoms with Gasteiger partial charge < -0.3 is 16.2 Å². The summed E-state index contributed by atoms with van der Waals surface area (Å²) in [6.07, 6.45) is 2.75. The van der Waals surface area contributed by atoms with Gasteiger partial charge in [0.15, 0.2) is 0 Å². The van der Waals surface area contributed by atoms with Crippen LogP contribution in [0.2, 0.25) is 0 Å². The van der Waals surface area contributed by atoms with Gasteiger partial charge in [-0.2, -0.15) is 5.10 Å². The summed E-state index contributed by atoms with van der Waals surface area (Å²) in [4.78, 5) is 22.7. The number of hydrogen-bond donors (Lipinski definition) is 2. The SMILES string of the molecule is COC(=O)c1cc(N)ccc1-n1cc(C(N)=O)cn1. The molecule has 2 rings (SSSR count). The third kappa shape index (κ3) is 2.39. The van der Waals surface area contributed by atoms with Crippen molar-refractivity contribution in [2.75, 3.05) is 12.8 Å². The van der Waals surface area contributed by atoms with Crippen LogP contribution >= 0.6 is 0 Å². The highest BCUT2D eigenvalue weighted by Gasteiger charge is 2.15. The topological polar surface area (TPSA) is 113 Å². The molecule has 0 radical (unpaired) electrons. The van der Waals surface area contributed by atoms with Crippen LogP contribution in [0.5, 0.6) is 0 Å². The third-order valence-electron chi connectivity index (χ3n) is 2.54. The number of ether oxygens (including phenoxy) is 1. The number of hydrogen-bond acceptors (Lipinski definition) is 5. The number of carbonyl (C=O) groups excluding carboxylic acids is 2. The number of methoxy groups -OCH3 is 1. The molecule has 0 bridgehead atoms. The minimum atomic E-state index is -0.596. The van der Waals surface area contributed by atoms with Gasteiger partial charge in [-0.1, -0.05) is 0 Å². The van der Waals surface area contributed by atoms with Crippen LogP contribution in [0.4, 0.5) is 5.69 Å². The minimum Gasteiger partial charge on any atom is -0.465 e. The molecule has 2 aromatic rings. The van der Waals surface area contributed by atoms with Crippen molar-refractivity contribution in [3.8, 4) is 5.69 Å². The Morgan fingerprint density at radius 2 is 2.11 bits per heavy atom. The zero-order valence-corrected chi connectivity index (χ0v) is 10.2.